The third-order valence-electron chi connectivity index (χ3n) is 4.69. The highest BCUT2D eigenvalue weighted by atomic mass is 32.2. The van der Waals surface area contributed by atoms with Crippen LogP contribution in [0.25, 0.3) is 0 Å². The van der Waals surface area contributed by atoms with E-state index >= 15 is 0 Å². The zero-order valence-corrected chi connectivity index (χ0v) is 19.5. The largest absolute Gasteiger partial charge is 0.465 e. The topological polar surface area (TPSA) is 87.7 Å². The van der Waals surface area contributed by atoms with Crippen LogP contribution in [0, 0.1) is 13.8 Å². The van der Waals surface area contributed by atoms with Crippen molar-refractivity contribution >= 4 is 16.0 Å². The van der Waals surface area contributed by atoms with Crippen LogP contribution < -0.4 is 10.0 Å². The number of nitrogens with zero attached hydrogens (tertiary/aromatic N) is 1. The second-order valence-corrected chi connectivity index (χ2v) is 9.47. The number of aryl methyl sites for hydroxylation is 2. The number of ether oxygens (including phenoxy) is 1. The molecule has 0 radical (unpaired) electrons. The Kier molecular flexibility index (Phi) is 9.64. The average Bonchev–Trinajstić information content (AvgIpc) is 2.68. The van der Waals surface area contributed by atoms with Gasteiger partial charge >= 0.3 is 5.97 Å². The van der Waals surface area contributed by atoms with Crippen molar-refractivity contribution in [2.75, 3.05) is 33.3 Å². The monoisotopic (exact) mass is 447 g/mol. The van der Waals surface area contributed by atoms with Crippen molar-refractivity contribution in [3.8, 4) is 0 Å². The lowest BCUT2D eigenvalue weighted by molar-refractivity contribution is -0.144. The minimum Gasteiger partial charge on any atom is -0.465 e. The molecule has 0 heterocycles. The van der Waals surface area contributed by atoms with Crippen LogP contribution in [0.15, 0.2) is 53.4 Å². The Morgan fingerprint density at radius 2 is 1.81 bits per heavy atom. The SMILES string of the molecule is CCOC(=O)CN(C)C[C@H](CNCc1cccc(C)c1)NS(=O)(=O)c1ccc(C)cc1. The van der Waals surface area contributed by atoms with E-state index in [1.165, 1.54) is 5.56 Å². The molecule has 0 bridgehead atoms. The summed E-state index contributed by atoms with van der Waals surface area (Å²) in [7, 11) is -1.93. The number of sulfonamides is 1. The fourth-order valence-electron chi connectivity index (χ4n) is 3.23. The van der Waals surface area contributed by atoms with Gasteiger partial charge in [-0.1, -0.05) is 47.5 Å². The van der Waals surface area contributed by atoms with Gasteiger partial charge in [-0.3, -0.25) is 9.69 Å². The molecule has 2 aromatic rings. The van der Waals surface area contributed by atoms with Crippen molar-refractivity contribution in [2.45, 2.75) is 38.3 Å². The minimum atomic E-state index is -3.70. The Morgan fingerprint density at radius 1 is 1.10 bits per heavy atom. The summed E-state index contributed by atoms with van der Waals surface area (Å²) in [6.45, 7) is 7.48. The number of nitrogens with one attached hydrogen (secondary N) is 2. The molecule has 0 aliphatic heterocycles. The normalized spacial score (nSPS) is 12.7. The molecule has 0 aromatic heterocycles. The van der Waals surface area contributed by atoms with Gasteiger partial charge in [-0.25, -0.2) is 13.1 Å². The zero-order valence-electron chi connectivity index (χ0n) is 18.7. The Hall–Kier alpha value is -2.26. The third-order valence-corrected chi connectivity index (χ3v) is 6.23. The van der Waals surface area contributed by atoms with Gasteiger partial charge in [0.15, 0.2) is 0 Å². The molecule has 0 aliphatic carbocycles. The van der Waals surface area contributed by atoms with E-state index in [1.807, 2.05) is 32.0 Å². The van der Waals surface area contributed by atoms with Gasteiger partial charge in [-0.15, -0.1) is 0 Å². The molecule has 0 spiro atoms. The van der Waals surface area contributed by atoms with Crippen molar-refractivity contribution in [3.63, 3.8) is 0 Å². The number of likely N-dealkylation sites (N-methyl/N-ethyl adjacent to an activating group) is 1. The highest BCUT2D eigenvalue weighted by molar-refractivity contribution is 7.89. The van der Waals surface area contributed by atoms with Crippen molar-refractivity contribution in [1.82, 2.24) is 14.9 Å². The quantitative estimate of drug-likeness (QED) is 0.485. The maximum Gasteiger partial charge on any atom is 0.320 e. The summed E-state index contributed by atoms with van der Waals surface area (Å²) in [5.41, 5.74) is 3.29. The first-order valence-electron chi connectivity index (χ1n) is 10.4. The van der Waals surface area contributed by atoms with E-state index in [-0.39, 0.29) is 17.4 Å². The molecule has 0 unspecified atom stereocenters. The molecule has 2 rings (SSSR count). The van der Waals surface area contributed by atoms with E-state index in [4.69, 9.17) is 4.74 Å². The van der Waals surface area contributed by atoms with E-state index in [1.54, 1.807) is 43.1 Å². The first kappa shape index (κ1) is 25.0. The van der Waals surface area contributed by atoms with E-state index in [0.717, 1.165) is 11.1 Å². The van der Waals surface area contributed by atoms with Gasteiger partial charge in [0.2, 0.25) is 10.0 Å². The highest BCUT2D eigenvalue weighted by Crippen LogP contribution is 2.11. The lowest BCUT2D eigenvalue weighted by atomic mass is 10.1. The number of esters is 1. The van der Waals surface area contributed by atoms with Crippen LogP contribution in [-0.4, -0.2) is 58.6 Å². The van der Waals surface area contributed by atoms with Gasteiger partial charge in [0.25, 0.3) is 0 Å². The zero-order chi connectivity index (χ0) is 22.9. The Bertz CT molecular complexity index is 946. The fraction of sp³-hybridized carbons (Fsp3) is 0.435. The Labute approximate surface area is 185 Å². The molecule has 0 saturated heterocycles. The highest BCUT2D eigenvalue weighted by Gasteiger charge is 2.22. The average molecular weight is 448 g/mol. The number of hydrogen-bond donors (Lipinski definition) is 2. The number of carbonyl (C=O) groups is 1. The third kappa shape index (κ3) is 8.78. The van der Waals surface area contributed by atoms with Crippen LogP contribution in [0.3, 0.4) is 0 Å². The van der Waals surface area contributed by atoms with Gasteiger partial charge in [-0.2, -0.15) is 0 Å². The van der Waals surface area contributed by atoms with E-state index in [2.05, 4.69) is 16.1 Å². The van der Waals surface area contributed by atoms with Gasteiger partial charge < -0.3 is 10.1 Å². The number of hydrogen-bond acceptors (Lipinski definition) is 6. The van der Waals surface area contributed by atoms with Crippen LogP contribution in [0.2, 0.25) is 0 Å². The molecule has 7 nitrogen and oxygen atoms in total. The predicted molar refractivity (Wildman–Crippen MR) is 122 cm³/mol. The standard InChI is InChI=1S/C23H33N3O4S/c1-5-30-23(27)17-26(4)16-21(15-24-14-20-8-6-7-19(3)13-20)25-31(28,29)22-11-9-18(2)10-12-22/h6-13,21,24-25H,5,14-17H2,1-4H3/t21-/m0/s1. The molecule has 0 aliphatic rings. The van der Waals surface area contributed by atoms with E-state index in [9.17, 15) is 13.2 Å². The van der Waals surface area contributed by atoms with Gasteiger partial charge in [0.05, 0.1) is 18.0 Å². The van der Waals surface area contributed by atoms with Gasteiger partial charge in [0, 0.05) is 25.7 Å². The van der Waals surface area contributed by atoms with Gasteiger partial charge in [0.1, 0.15) is 0 Å². The van der Waals surface area contributed by atoms with E-state index in [0.29, 0.717) is 26.2 Å². The molecule has 8 heteroatoms. The second kappa shape index (κ2) is 12.0. The summed E-state index contributed by atoms with van der Waals surface area (Å²) < 4.78 is 33.5. The van der Waals surface area contributed by atoms with Gasteiger partial charge in [-0.05, 0) is 45.5 Å². The molecule has 2 N–H and O–H groups in total. The Morgan fingerprint density at radius 3 is 2.45 bits per heavy atom. The smallest absolute Gasteiger partial charge is 0.320 e. The first-order valence-corrected chi connectivity index (χ1v) is 11.9. The van der Waals surface area contributed by atoms with Crippen LogP contribution in [-0.2, 0) is 26.1 Å². The summed E-state index contributed by atoms with van der Waals surface area (Å²) in [5, 5.41) is 3.33. The molecule has 170 valence electrons. The number of rotatable bonds is 12. The number of carbonyl (C=O) groups excluding carboxylic acids is 1. The number of benzene rings is 2. The second-order valence-electron chi connectivity index (χ2n) is 7.75. The molecular formula is C23H33N3O4S. The predicted octanol–water partition coefficient (Wildman–Crippen LogP) is 2.24. The van der Waals surface area contributed by atoms with Crippen molar-refractivity contribution in [1.29, 1.82) is 0 Å². The Balaban J connectivity index is 2.06. The molecule has 0 fully saturated rings. The van der Waals surface area contributed by atoms with Crippen molar-refractivity contribution < 1.29 is 17.9 Å². The molecule has 0 saturated carbocycles. The summed E-state index contributed by atoms with van der Waals surface area (Å²) in [5.74, 6) is -0.335. The lowest BCUT2D eigenvalue weighted by Gasteiger charge is -2.25. The summed E-state index contributed by atoms with van der Waals surface area (Å²) >= 11 is 0. The maximum absolute atomic E-state index is 12.9. The fourth-order valence-corrected chi connectivity index (χ4v) is 4.46. The summed E-state index contributed by atoms with van der Waals surface area (Å²) in [6.07, 6.45) is 0. The first-order chi connectivity index (χ1) is 14.7. The molecule has 31 heavy (non-hydrogen) atoms. The maximum atomic E-state index is 12.9. The molecule has 1 atom stereocenters. The van der Waals surface area contributed by atoms with Crippen LogP contribution >= 0.6 is 0 Å². The van der Waals surface area contributed by atoms with Crippen molar-refractivity contribution in [2.24, 2.45) is 0 Å². The summed E-state index contributed by atoms with van der Waals surface area (Å²) in [4.78, 5) is 13.8. The summed E-state index contributed by atoms with van der Waals surface area (Å²) in [6, 6.07) is 14.4. The van der Waals surface area contributed by atoms with E-state index < -0.39 is 16.1 Å². The molecule has 0 amide bonds. The lowest BCUT2D eigenvalue weighted by Crippen LogP contribution is -2.49. The van der Waals surface area contributed by atoms with Crippen LogP contribution in [0.1, 0.15) is 23.6 Å². The minimum absolute atomic E-state index is 0.0917. The van der Waals surface area contributed by atoms with Crippen LogP contribution in [0.5, 0.6) is 0 Å². The van der Waals surface area contributed by atoms with Crippen LogP contribution in [0.4, 0.5) is 0 Å². The molecule has 2 aromatic carbocycles. The molecular weight excluding hydrogens is 414 g/mol. The van der Waals surface area contributed by atoms with Crippen molar-refractivity contribution in [3.05, 3.63) is 65.2 Å².